The third-order valence-electron chi connectivity index (χ3n) is 8.79. The molecule has 0 heterocycles. The standard InChI is InChI=1S/C34H46O3Si/c1-5-6-7-10-16-26-25-27-17-15-22-31(35)32(33(27)36)30(26)23-24-37-38(34(2,3)4,28-18-11-8-12-19-28)29-20-13-9-14-21-29/h8-9,11-14,18-21,25-26,30,32H,5-7,10,15-17,22-24H2,1-4H3/t26-,30+,32+/m0/s1. The van der Waals surface area contributed by atoms with E-state index in [4.69, 9.17) is 4.43 Å². The maximum absolute atomic E-state index is 13.4. The van der Waals surface area contributed by atoms with E-state index >= 15 is 0 Å². The zero-order valence-electron chi connectivity index (χ0n) is 23.9. The van der Waals surface area contributed by atoms with E-state index in [0.717, 1.165) is 37.7 Å². The SMILES string of the molecule is CCCCCC[C@H]1C=C2CCCC(=O)[C@H](C2=O)[C@@H]1CCO[Si](c1ccccc1)(c1ccccc1)C(C)(C)C. The lowest BCUT2D eigenvalue weighted by Crippen LogP contribution is -2.66. The maximum Gasteiger partial charge on any atom is 0.261 e. The third-order valence-corrected chi connectivity index (χ3v) is 13.8. The normalized spacial score (nSPS) is 22.2. The fourth-order valence-corrected chi connectivity index (χ4v) is 11.5. The Morgan fingerprint density at radius 2 is 1.47 bits per heavy atom. The molecule has 0 unspecified atom stereocenters. The lowest BCUT2D eigenvalue weighted by molar-refractivity contribution is -0.134. The highest BCUT2D eigenvalue weighted by atomic mass is 28.4. The molecular formula is C34H46O3Si. The second kappa shape index (κ2) is 12.7. The molecule has 2 bridgehead atoms. The van der Waals surface area contributed by atoms with Gasteiger partial charge in [0, 0.05) is 13.0 Å². The molecule has 2 aliphatic rings. The van der Waals surface area contributed by atoms with Crippen molar-refractivity contribution in [3.8, 4) is 0 Å². The van der Waals surface area contributed by atoms with Gasteiger partial charge in [0.2, 0.25) is 0 Å². The highest BCUT2D eigenvalue weighted by molar-refractivity contribution is 6.99. The molecule has 0 aromatic heterocycles. The maximum atomic E-state index is 13.4. The lowest BCUT2D eigenvalue weighted by Gasteiger charge is -2.44. The number of carbonyl (C=O) groups excluding carboxylic acids is 2. The lowest BCUT2D eigenvalue weighted by atomic mass is 9.68. The van der Waals surface area contributed by atoms with E-state index in [2.05, 4.69) is 94.4 Å². The van der Waals surface area contributed by atoms with E-state index in [1.807, 2.05) is 0 Å². The first kappa shape index (κ1) is 28.7. The molecular weight excluding hydrogens is 484 g/mol. The molecule has 4 rings (SSSR count). The van der Waals surface area contributed by atoms with Crippen molar-refractivity contribution in [2.24, 2.45) is 17.8 Å². The van der Waals surface area contributed by atoms with Crippen LogP contribution in [0.4, 0.5) is 0 Å². The average Bonchev–Trinajstić information content (AvgIpc) is 2.99. The molecule has 204 valence electrons. The number of allylic oxidation sites excluding steroid dienone is 2. The quantitative estimate of drug-likeness (QED) is 0.178. The van der Waals surface area contributed by atoms with Gasteiger partial charge in [-0.05, 0) is 58.5 Å². The molecule has 0 aliphatic heterocycles. The van der Waals surface area contributed by atoms with E-state index in [9.17, 15) is 9.59 Å². The number of benzene rings is 2. The molecule has 0 amide bonds. The number of ketones is 2. The summed E-state index contributed by atoms with van der Waals surface area (Å²) in [4.78, 5) is 26.7. The Labute approximate surface area is 231 Å². The molecule has 0 saturated heterocycles. The van der Waals surface area contributed by atoms with Crippen LogP contribution in [0.2, 0.25) is 5.04 Å². The molecule has 2 aromatic rings. The first-order chi connectivity index (χ1) is 18.3. The van der Waals surface area contributed by atoms with Crippen LogP contribution in [0.3, 0.4) is 0 Å². The van der Waals surface area contributed by atoms with Crippen molar-refractivity contribution in [2.75, 3.05) is 6.61 Å². The molecule has 2 aliphatic carbocycles. The van der Waals surface area contributed by atoms with Gasteiger partial charge >= 0.3 is 0 Å². The number of rotatable bonds is 11. The summed E-state index contributed by atoms with van der Waals surface area (Å²) in [6.45, 7) is 9.68. The predicted molar refractivity (Wildman–Crippen MR) is 159 cm³/mol. The van der Waals surface area contributed by atoms with Gasteiger partial charge < -0.3 is 4.43 Å². The molecule has 2 aromatic carbocycles. The Balaban J connectivity index is 1.64. The number of hydrogen-bond acceptors (Lipinski definition) is 3. The number of unbranched alkanes of at least 4 members (excludes halogenated alkanes) is 3. The minimum Gasteiger partial charge on any atom is -0.407 e. The van der Waals surface area contributed by atoms with Crippen molar-refractivity contribution in [3.63, 3.8) is 0 Å². The number of hydrogen-bond donors (Lipinski definition) is 0. The summed E-state index contributed by atoms with van der Waals surface area (Å²) in [6, 6.07) is 21.4. The van der Waals surface area contributed by atoms with Crippen LogP contribution in [0, 0.1) is 17.8 Å². The van der Waals surface area contributed by atoms with Gasteiger partial charge in [0.15, 0.2) is 5.78 Å². The fraction of sp³-hybridized carbons (Fsp3) is 0.529. The smallest absolute Gasteiger partial charge is 0.261 e. The van der Waals surface area contributed by atoms with Gasteiger partial charge in [-0.25, -0.2) is 0 Å². The second-order valence-corrected chi connectivity index (χ2v) is 16.6. The van der Waals surface area contributed by atoms with Crippen molar-refractivity contribution in [1.29, 1.82) is 0 Å². The van der Waals surface area contributed by atoms with Crippen LogP contribution in [0.1, 0.15) is 85.5 Å². The van der Waals surface area contributed by atoms with Crippen LogP contribution in [0.25, 0.3) is 0 Å². The van der Waals surface area contributed by atoms with E-state index in [-0.39, 0.29) is 28.4 Å². The van der Waals surface area contributed by atoms with Crippen molar-refractivity contribution >= 4 is 30.3 Å². The van der Waals surface area contributed by atoms with Crippen LogP contribution >= 0.6 is 0 Å². The summed E-state index contributed by atoms with van der Waals surface area (Å²) in [6.07, 6.45) is 11.0. The van der Waals surface area contributed by atoms with Crippen molar-refractivity contribution < 1.29 is 14.0 Å². The Kier molecular flexibility index (Phi) is 9.59. The van der Waals surface area contributed by atoms with Gasteiger partial charge in [-0.2, -0.15) is 0 Å². The van der Waals surface area contributed by atoms with Crippen molar-refractivity contribution in [3.05, 3.63) is 72.3 Å². The van der Waals surface area contributed by atoms with Gasteiger partial charge in [-0.15, -0.1) is 0 Å². The molecule has 1 saturated carbocycles. The molecule has 38 heavy (non-hydrogen) atoms. The zero-order chi connectivity index (χ0) is 27.2. The number of carbonyl (C=O) groups is 2. The average molecular weight is 531 g/mol. The highest BCUT2D eigenvalue weighted by Gasteiger charge is 2.51. The van der Waals surface area contributed by atoms with Crippen LogP contribution in [-0.2, 0) is 14.0 Å². The van der Waals surface area contributed by atoms with Gasteiger partial charge in [-0.3, -0.25) is 9.59 Å². The van der Waals surface area contributed by atoms with E-state index in [1.54, 1.807) is 0 Å². The van der Waals surface area contributed by atoms with E-state index in [0.29, 0.717) is 13.0 Å². The molecule has 3 nitrogen and oxygen atoms in total. The highest BCUT2D eigenvalue weighted by Crippen LogP contribution is 2.42. The molecule has 3 atom stereocenters. The number of Topliss-reactive ketones (excluding diaryl/α,β-unsaturated/α-hetero) is 2. The summed E-state index contributed by atoms with van der Waals surface area (Å²) < 4.78 is 7.20. The topological polar surface area (TPSA) is 43.4 Å². The zero-order valence-corrected chi connectivity index (χ0v) is 24.9. The fourth-order valence-electron chi connectivity index (χ4n) is 6.90. The Morgan fingerprint density at radius 3 is 2.05 bits per heavy atom. The van der Waals surface area contributed by atoms with E-state index in [1.165, 1.54) is 29.6 Å². The minimum absolute atomic E-state index is 0.0386. The van der Waals surface area contributed by atoms with Crippen LogP contribution in [0.5, 0.6) is 0 Å². The van der Waals surface area contributed by atoms with Crippen LogP contribution in [0.15, 0.2) is 72.3 Å². The summed E-state index contributed by atoms with van der Waals surface area (Å²) in [5.41, 5.74) is 0.922. The summed E-state index contributed by atoms with van der Waals surface area (Å²) in [7, 11) is -2.65. The molecule has 4 heteroatoms. The van der Waals surface area contributed by atoms with Crippen LogP contribution in [-0.4, -0.2) is 26.5 Å². The van der Waals surface area contributed by atoms with Gasteiger partial charge in [0.05, 0.1) is 5.92 Å². The summed E-state index contributed by atoms with van der Waals surface area (Å²) in [5, 5.41) is 2.44. The van der Waals surface area contributed by atoms with Gasteiger partial charge in [0.1, 0.15) is 5.78 Å². The molecule has 0 N–H and O–H groups in total. The molecule has 0 spiro atoms. The minimum atomic E-state index is -2.65. The Morgan fingerprint density at radius 1 is 0.842 bits per heavy atom. The van der Waals surface area contributed by atoms with Crippen molar-refractivity contribution in [1.82, 2.24) is 0 Å². The van der Waals surface area contributed by atoms with Gasteiger partial charge in [0.25, 0.3) is 8.32 Å². The van der Waals surface area contributed by atoms with Gasteiger partial charge in [-0.1, -0.05) is 120 Å². The summed E-state index contributed by atoms with van der Waals surface area (Å²) >= 11 is 0. The van der Waals surface area contributed by atoms with E-state index < -0.39 is 14.2 Å². The largest absolute Gasteiger partial charge is 0.407 e. The molecule has 1 fully saturated rings. The first-order valence-electron chi connectivity index (χ1n) is 14.8. The second-order valence-electron chi connectivity index (χ2n) is 12.3. The predicted octanol–water partition coefficient (Wildman–Crippen LogP) is 7.03. The molecule has 0 radical (unpaired) electrons. The van der Waals surface area contributed by atoms with Crippen LogP contribution < -0.4 is 10.4 Å². The summed E-state index contributed by atoms with van der Waals surface area (Å²) in [5.74, 6) is 0.113. The van der Waals surface area contributed by atoms with Crippen molar-refractivity contribution in [2.45, 2.75) is 90.5 Å². The monoisotopic (exact) mass is 530 g/mol. The Hall–Kier alpha value is -2.30. The Bertz CT molecular complexity index is 1060. The first-order valence-corrected chi connectivity index (χ1v) is 16.7. The third kappa shape index (κ3) is 5.97. The number of fused-ring (bicyclic) bond motifs is 2.